The maximum atomic E-state index is 13.2. The molecule has 32 heavy (non-hydrogen) atoms. The Morgan fingerprint density at radius 1 is 1.06 bits per heavy atom. The van der Waals surface area contributed by atoms with E-state index in [1.807, 2.05) is 6.08 Å². The number of fused-ring (bicyclic) bond motifs is 5. The third kappa shape index (κ3) is 3.91. The third-order valence-electron chi connectivity index (χ3n) is 10.3. The lowest BCUT2D eigenvalue weighted by Gasteiger charge is -2.57. The maximum Gasteiger partial charge on any atom is 0.159 e. The van der Waals surface area contributed by atoms with E-state index < -0.39 is 23.9 Å². The van der Waals surface area contributed by atoms with Crippen LogP contribution in [0.4, 0.5) is 0 Å². The molecule has 0 radical (unpaired) electrons. The van der Waals surface area contributed by atoms with E-state index in [2.05, 4.69) is 20.8 Å². The Morgan fingerprint density at radius 2 is 1.72 bits per heavy atom. The van der Waals surface area contributed by atoms with Crippen LogP contribution in [0.25, 0.3) is 0 Å². The largest absolute Gasteiger partial charge is 0.393 e. The van der Waals surface area contributed by atoms with Crippen LogP contribution in [0, 0.1) is 40.4 Å². The lowest BCUT2D eigenvalue weighted by Crippen LogP contribution is -2.56. The Hall–Kier alpha value is -0.750. The highest BCUT2D eigenvalue weighted by molar-refractivity contribution is 5.94. The highest BCUT2D eigenvalue weighted by Gasteiger charge is 2.61. The minimum absolute atomic E-state index is 0.0632. The smallest absolute Gasteiger partial charge is 0.159 e. The Kier molecular flexibility index (Phi) is 6.23. The topological polar surface area (TPSA) is 98.0 Å². The molecule has 5 heteroatoms. The Labute approximate surface area is 193 Å². The number of aliphatic hydroxyl groups is 4. The van der Waals surface area contributed by atoms with Crippen LogP contribution in [-0.2, 0) is 4.79 Å². The summed E-state index contributed by atoms with van der Waals surface area (Å²) in [6, 6.07) is 0. The molecule has 0 unspecified atom stereocenters. The molecule has 0 spiro atoms. The van der Waals surface area contributed by atoms with Crippen LogP contribution in [0.3, 0.4) is 0 Å². The van der Waals surface area contributed by atoms with Gasteiger partial charge in [-0.2, -0.15) is 0 Å². The van der Waals surface area contributed by atoms with Crippen molar-refractivity contribution in [1.82, 2.24) is 0 Å². The predicted octanol–water partition coefficient (Wildman–Crippen LogP) is 3.62. The number of ketones is 1. The summed E-state index contributed by atoms with van der Waals surface area (Å²) < 4.78 is 0. The normalized spacial score (nSPS) is 46.0. The van der Waals surface area contributed by atoms with Gasteiger partial charge in [0.05, 0.1) is 23.9 Å². The molecular weight excluding hydrogens is 404 g/mol. The molecule has 182 valence electrons. The molecule has 5 nitrogen and oxygen atoms in total. The van der Waals surface area contributed by atoms with Gasteiger partial charge < -0.3 is 20.4 Å². The van der Waals surface area contributed by atoms with E-state index in [1.165, 1.54) is 5.57 Å². The average Bonchev–Trinajstić information content (AvgIpc) is 3.04. The zero-order valence-electron chi connectivity index (χ0n) is 20.6. The summed E-state index contributed by atoms with van der Waals surface area (Å²) in [5.74, 6) is 1.12. The molecule has 3 fully saturated rings. The predicted molar refractivity (Wildman–Crippen MR) is 124 cm³/mol. The van der Waals surface area contributed by atoms with Gasteiger partial charge in [0.25, 0.3) is 0 Å². The number of hydrogen-bond donors (Lipinski definition) is 4. The first-order valence-corrected chi connectivity index (χ1v) is 12.8. The summed E-state index contributed by atoms with van der Waals surface area (Å²) in [7, 11) is 0. The summed E-state index contributed by atoms with van der Waals surface area (Å²) in [5.41, 5.74) is 0.301. The van der Waals surface area contributed by atoms with Crippen molar-refractivity contribution in [2.75, 3.05) is 0 Å². The molecule has 3 saturated carbocycles. The van der Waals surface area contributed by atoms with Gasteiger partial charge in [-0.1, -0.05) is 26.3 Å². The van der Waals surface area contributed by atoms with Gasteiger partial charge >= 0.3 is 0 Å². The minimum atomic E-state index is -0.803. The molecule has 4 aliphatic rings. The second-order valence-corrected chi connectivity index (χ2v) is 12.8. The van der Waals surface area contributed by atoms with Gasteiger partial charge in [0.2, 0.25) is 0 Å². The summed E-state index contributed by atoms with van der Waals surface area (Å²) in [5, 5.41) is 41.7. The van der Waals surface area contributed by atoms with Crippen LogP contribution < -0.4 is 0 Å². The summed E-state index contributed by atoms with van der Waals surface area (Å²) >= 11 is 0. The van der Waals surface area contributed by atoms with Crippen LogP contribution in [-0.4, -0.2) is 50.1 Å². The highest BCUT2D eigenvalue weighted by atomic mass is 16.3. The first-order chi connectivity index (χ1) is 14.8. The van der Waals surface area contributed by atoms with Gasteiger partial charge in [-0.05, 0) is 106 Å². The lowest BCUT2D eigenvalue weighted by atomic mass is 9.47. The molecule has 0 bridgehead atoms. The molecule has 0 aromatic carbocycles. The standard InChI is InChI=1S/C27H44O5/c1-15(21(28)9-10-25(2,3)32)17-6-7-18-16-12-22(29)20-13-23(30)24(31)14-27(20,5)19(16)8-11-26(17,18)4/h12,15,17-21,23-24,28,30-32H,6-11,13-14H2,1-5H3/t15-,17+,18-,19-,20-,21+,23+,24-,26+,27+/m0/s1. The third-order valence-corrected chi connectivity index (χ3v) is 10.3. The van der Waals surface area contributed by atoms with Gasteiger partial charge in [-0.25, -0.2) is 0 Å². The van der Waals surface area contributed by atoms with Crippen molar-refractivity contribution in [3.05, 3.63) is 11.6 Å². The van der Waals surface area contributed by atoms with Crippen molar-refractivity contribution in [1.29, 1.82) is 0 Å². The molecule has 0 saturated heterocycles. The summed E-state index contributed by atoms with van der Waals surface area (Å²) in [6.45, 7) is 10.3. The number of carbonyl (C=O) groups is 1. The van der Waals surface area contributed by atoms with E-state index in [4.69, 9.17) is 0 Å². The number of hydrogen-bond acceptors (Lipinski definition) is 5. The fourth-order valence-corrected chi connectivity index (χ4v) is 8.33. The summed E-state index contributed by atoms with van der Waals surface area (Å²) in [4.78, 5) is 13.2. The number of rotatable bonds is 5. The molecule has 4 N–H and O–H groups in total. The highest BCUT2D eigenvalue weighted by Crippen LogP contribution is 2.66. The minimum Gasteiger partial charge on any atom is -0.393 e. The van der Waals surface area contributed by atoms with E-state index in [0.717, 1.165) is 25.7 Å². The monoisotopic (exact) mass is 448 g/mol. The van der Waals surface area contributed by atoms with Crippen molar-refractivity contribution in [2.24, 2.45) is 40.4 Å². The zero-order valence-corrected chi connectivity index (χ0v) is 20.6. The lowest BCUT2D eigenvalue weighted by molar-refractivity contribution is -0.143. The fraction of sp³-hybridized carbons (Fsp3) is 0.889. The van der Waals surface area contributed by atoms with Crippen molar-refractivity contribution in [3.8, 4) is 0 Å². The number of aliphatic hydroxyl groups excluding tert-OH is 3. The van der Waals surface area contributed by atoms with Crippen LogP contribution in [0.5, 0.6) is 0 Å². The quantitative estimate of drug-likeness (QED) is 0.515. The van der Waals surface area contributed by atoms with Gasteiger partial charge in [-0.3, -0.25) is 4.79 Å². The first-order valence-electron chi connectivity index (χ1n) is 12.8. The maximum absolute atomic E-state index is 13.2. The van der Waals surface area contributed by atoms with Crippen LogP contribution in [0.2, 0.25) is 0 Å². The summed E-state index contributed by atoms with van der Waals surface area (Å²) in [6.07, 6.45) is 6.16. The molecule has 0 aromatic rings. The molecule has 0 aromatic heterocycles. The van der Waals surface area contributed by atoms with Gasteiger partial charge in [0.15, 0.2) is 5.78 Å². The van der Waals surface area contributed by atoms with E-state index in [9.17, 15) is 25.2 Å². The van der Waals surface area contributed by atoms with Gasteiger partial charge in [0, 0.05) is 5.92 Å². The Morgan fingerprint density at radius 3 is 2.38 bits per heavy atom. The molecular formula is C27H44O5. The van der Waals surface area contributed by atoms with Crippen LogP contribution in [0.15, 0.2) is 11.6 Å². The molecule has 0 amide bonds. The van der Waals surface area contributed by atoms with Crippen molar-refractivity contribution in [3.63, 3.8) is 0 Å². The van der Waals surface area contributed by atoms with E-state index >= 15 is 0 Å². The van der Waals surface area contributed by atoms with Gasteiger partial charge in [0.1, 0.15) is 0 Å². The van der Waals surface area contributed by atoms with E-state index in [0.29, 0.717) is 43.4 Å². The Bertz CT molecular complexity index is 768. The fourth-order valence-electron chi connectivity index (χ4n) is 8.33. The second-order valence-electron chi connectivity index (χ2n) is 12.8. The zero-order chi connectivity index (χ0) is 23.6. The van der Waals surface area contributed by atoms with Crippen molar-refractivity contribution < 1.29 is 25.2 Å². The molecule has 0 heterocycles. The molecule has 4 aliphatic carbocycles. The Balaban J connectivity index is 1.57. The van der Waals surface area contributed by atoms with Gasteiger partial charge in [-0.15, -0.1) is 0 Å². The van der Waals surface area contributed by atoms with E-state index in [1.54, 1.807) is 13.8 Å². The number of carbonyl (C=O) groups excluding carboxylic acids is 1. The molecule has 10 atom stereocenters. The first kappa shape index (κ1) is 24.4. The molecule has 0 aliphatic heterocycles. The van der Waals surface area contributed by atoms with E-state index in [-0.39, 0.29) is 28.4 Å². The van der Waals surface area contributed by atoms with Crippen LogP contribution >= 0.6 is 0 Å². The van der Waals surface area contributed by atoms with Crippen molar-refractivity contribution in [2.45, 2.75) is 110 Å². The second kappa shape index (κ2) is 8.18. The molecule has 4 rings (SSSR count). The van der Waals surface area contributed by atoms with Crippen LogP contribution in [0.1, 0.15) is 86.0 Å². The van der Waals surface area contributed by atoms with Crippen molar-refractivity contribution >= 4 is 5.78 Å². The SMILES string of the molecule is C[C@H]([C@H](O)CCC(C)(C)O)[C@H]1CC[C@H]2C3=CC(=O)[C@@H]4C[C@@H](O)[C@@H](O)C[C@]4(C)[C@H]3CC[C@]12C. The number of allylic oxidation sites excluding steroid dienone is 2. The average molecular weight is 449 g/mol.